The van der Waals surface area contributed by atoms with Crippen LogP contribution in [-0.4, -0.2) is 25.0 Å². The Bertz CT molecular complexity index is 774. The lowest BCUT2D eigenvalue weighted by Crippen LogP contribution is -2.43. The van der Waals surface area contributed by atoms with Crippen LogP contribution in [-0.2, 0) is 16.0 Å². The molecule has 0 spiro atoms. The highest BCUT2D eigenvalue weighted by Crippen LogP contribution is 2.34. The van der Waals surface area contributed by atoms with E-state index in [0.29, 0.717) is 22.1 Å². The van der Waals surface area contributed by atoms with Crippen LogP contribution < -0.4 is 15.0 Å². The molecule has 0 aromatic heterocycles. The zero-order valence-electron chi connectivity index (χ0n) is 13.2. The molecule has 24 heavy (non-hydrogen) atoms. The van der Waals surface area contributed by atoms with E-state index in [1.807, 2.05) is 24.3 Å². The molecule has 1 N–H and O–H groups in total. The molecule has 0 bridgehead atoms. The Balaban J connectivity index is 1.74. The number of amides is 2. The van der Waals surface area contributed by atoms with Crippen LogP contribution in [0.5, 0.6) is 5.75 Å². The Kier molecular flexibility index (Phi) is 4.71. The van der Waals surface area contributed by atoms with Crippen molar-refractivity contribution in [3.05, 3.63) is 53.1 Å². The summed E-state index contributed by atoms with van der Waals surface area (Å²) in [4.78, 5) is 25.8. The number of nitrogens with one attached hydrogen (secondary N) is 1. The average Bonchev–Trinajstić information content (AvgIpc) is 2.58. The predicted molar refractivity (Wildman–Crippen MR) is 93.7 cm³/mol. The molecule has 2 aromatic rings. The summed E-state index contributed by atoms with van der Waals surface area (Å²) in [6.07, 6.45) is 0.939. The molecule has 5 nitrogen and oxygen atoms in total. The molecule has 1 aliphatic rings. The molecule has 6 heteroatoms. The topological polar surface area (TPSA) is 58.6 Å². The van der Waals surface area contributed by atoms with Gasteiger partial charge >= 0.3 is 0 Å². The summed E-state index contributed by atoms with van der Waals surface area (Å²) in [6.45, 7) is 1.89. The summed E-state index contributed by atoms with van der Waals surface area (Å²) < 4.78 is 5.36. The van der Waals surface area contributed by atoms with Crippen LogP contribution in [0.1, 0.15) is 12.5 Å². The van der Waals surface area contributed by atoms with E-state index in [4.69, 9.17) is 16.3 Å². The number of benzene rings is 2. The van der Waals surface area contributed by atoms with Gasteiger partial charge in [-0.15, -0.1) is 0 Å². The number of ether oxygens (including phenoxy) is 1. The van der Waals surface area contributed by atoms with E-state index in [2.05, 4.69) is 12.2 Å². The van der Waals surface area contributed by atoms with Gasteiger partial charge in [-0.05, 0) is 42.3 Å². The van der Waals surface area contributed by atoms with Crippen molar-refractivity contribution in [3.63, 3.8) is 0 Å². The third kappa shape index (κ3) is 3.51. The molecule has 0 radical (unpaired) electrons. The minimum atomic E-state index is -0.277. The van der Waals surface area contributed by atoms with Gasteiger partial charge in [0, 0.05) is 10.7 Å². The van der Waals surface area contributed by atoms with Gasteiger partial charge in [-0.1, -0.05) is 30.7 Å². The standard InChI is InChI=1S/C18H17ClN2O3/c1-2-12-3-6-14(7-4-12)20-17(22)10-21-15-9-13(19)5-8-16(15)24-11-18(21)23/h3-9H,2,10-11H2,1H3,(H,20,22). The maximum absolute atomic E-state index is 12.3. The second-order valence-corrected chi connectivity index (χ2v) is 5.92. The summed E-state index contributed by atoms with van der Waals surface area (Å²) in [6, 6.07) is 12.6. The van der Waals surface area contributed by atoms with E-state index >= 15 is 0 Å². The number of rotatable bonds is 4. The van der Waals surface area contributed by atoms with E-state index in [1.54, 1.807) is 18.2 Å². The molecule has 0 unspecified atom stereocenters. The Labute approximate surface area is 145 Å². The highest BCUT2D eigenvalue weighted by Gasteiger charge is 2.27. The van der Waals surface area contributed by atoms with Crippen molar-refractivity contribution in [2.75, 3.05) is 23.4 Å². The van der Waals surface area contributed by atoms with Gasteiger partial charge in [0.15, 0.2) is 6.61 Å². The number of carbonyl (C=O) groups is 2. The first kappa shape index (κ1) is 16.3. The summed E-state index contributed by atoms with van der Waals surface area (Å²) in [5, 5.41) is 3.28. The predicted octanol–water partition coefficient (Wildman–Crippen LogP) is 3.27. The van der Waals surface area contributed by atoms with Crippen LogP contribution in [0.15, 0.2) is 42.5 Å². The Morgan fingerprint density at radius 2 is 2.00 bits per heavy atom. The Morgan fingerprint density at radius 1 is 1.25 bits per heavy atom. The van der Waals surface area contributed by atoms with Gasteiger partial charge in [-0.3, -0.25) is 14.5 Å². The summed E-state index contributed by atoms with van der Waals surface area (Å²) in [5.41, 5.74) is 2.40. The first-order valence-electron chi connectivity index (χ1n) is 7.68. The molecule has 3 rings (SSSR count). The summed E-state index contributed by atoms with van der Waals surface area (Å²) in [7, 11) is 0. The molecule has 1 heterocycles. The smallest absolute Gasteiger partial charge is 0.265 e. The van der Waals surface area contributed by atoms with Crippen LogP contribution >= 0.6 is 11.6 Å². The molecule has 1 aliphatic heterocycles. The fourth-order valence-corrected chi connectivity index (χ4v) is 2.68. The molecular formula is C18H17ClN2O3. The lowest BCUT2D eigenvalue weighted by atomic mass is 10.1. The number of nitrogens with zero attached hydrogens (tertiary/aromatic N) is 1. The molecule has 0 fully saturated rings. The zero-order chi connectivity index (χ0) is 17.1. The lowest BCUT2D eigenvalue weighted by Gasteiger charge is -2.29. The highest BCUT2D eigenvalue weighted by atomic mass is 35.5. The van der Waals surface area contributed by atoms with Gasteiger partial charge in [0.2, 0.25) is 5.91 Å². The Morgan fingerprint density at radius 3 is 2.71 bits per heavy atom. The largest absolute Gasteiger partial charge is 0.482 e. The highest BCUT2D eigenvalue weighted by molar-refractivity contribution is 6.31. The zero-order valence-corrected chi connectivity index (χ0v) is 14.0. The van der Waals surface area contributed by atoms with Gasteiger partial charge in [0.25, 0.3) is 5.91 Å². The van der Waals surface area contributed by atoms with Gasteiger partial charge in [-0.2, -0.15) is 0 Å². The van der Waals surface area contributed by atoms with Crippen molar-refractivity contribution in [1.29, 1.82) is 0 Å². The average molecular weight is 345 g/mol. The third-order valence-electron chi connectivity index (χ3n) is 3.81. The minimum Gasteiger partial charge on any atom is -0.482 e. The molecular weight excluding hydrogens is 328 g/mol. The molecule has 2 amide bonds. The van der Waals surface area contributed by atoms with Crippen LogP contribution in [0.3, 0.4) is 0 Å². The molecule has 124 valence electrons. The third-order valence-corrected chi connectivity index (χ3v) is 4.05. The maximum Gasteiger partial charge on any atom is 0.265 e. The van der Waals surface area contributed by atoms with Crippen molar-refractivity contribution >= 4 is 34.8 Å². The van der Waals surface area contributed by atoms with Crippen LogP contribution in [0.2, 0.25) is 5.02 Å². The quantitative estimate of drug-likeness (QED) is 0.926. The van der Waals surface area contributed by atoms with E-state index in [1.165, 1.54) is 10.5 Å². The summed E-state index contributed by atoms with van der Waals surface area (Å²) >= 11 is 5.99. The van der Waals surface area contributed by atoms with Crippen molar-refractivity contribution in [1.82, 2.24) is 0 Å². The van der Waals surface area contributed by atoms with Gasteiger partial charge < -0.3 is 10.1 Å². The normalized spacial score (nSPS) is 13.2. The number of carbonyl (C=O) groups excluding carboxylic acids is 2. The Hall–Kier alpha value is -2.53. The number of hydrogen-bond donors (Lipinski definition) is 1. The number of aryl methyl sites for hydroxylation is 1. The second kappa shape index (κ2) is 6.93. The van der Waals surface area contributed by atoms with Crippen molar-refractivity contribution in [2.45, 2.75) is 13.3 Å². The minimum absolute atomic E-state index is 0.0902. The molecule has 0 saturated carbocycles. The van der Waals surface area contributed by atoms with Crippen LogP contribution in [0, 0.1) is 0 Å². The fourth-order valence-electron chi connectivity index (χ4n) is 2.52. The molecule has 0 aliphatic carbocycles. The van der Waals surface area contributed by atoms with Crippen molar-refractivity contribution in [2.24, 2.45) is 0 Å². The maximum atomic E-state index is 12.3. The number of anilines is 2. The number of halogens is 1. The lowest BCUT2D eigenvalue weighted by molar-refractivity contribution is -0.123. The first-order valence-corrected chi connectivity index (χ1v) is 8.06. The van der Waals surface area contributed by atoms with E-state index in [-0.39, 0.29) is 25.0 Å². The van der Waals surface area contributed by atoms with E-state index in [0.717, 1.165) is 6.42 Å². The SMILES string of the molecule is CCc1ccc(NC(=O)CN2C(=O)COc3ccc(Cl)cc32)cc1. The summed E-state index contributed by atoms with van der Waals surface area (Å²) in [5.74, 6) is -0.0132. The van der Waals surface area contributed by atoms with Gasteiger partial charge in [0.1, 0.15) is 12.3 Å². The molecule has 0 saturated heterocycles. The van der Waals surface area contributed by atoms with Gasteiger partial charge in [0.05, 0.1) is 5.69 Å². The second-order valence-electron chi connectivity index (χ2n) is 5.48. The van der Waals surface area contributed by atoms with E-state index < -0.39 is 0 Å². The number of fused-ring (bicyclic) bond motifs is 1. The number of hydrogen-bond acceptors (Lipinski definition) is 3. The monoisotopic (exact) mass is 344 g/mol. The van der Waals surface area contributed by atoms with Crippen LogP contribution in [0.4, 0.5) is 11.4 Å². The molecule has 0 atom stereocenters. The van der Waals surface area contributed by atoms with Crippen LogP contribution in [0.25, 0.3) is 0 Å². The fraction of sp³-hybridized carbons (Fsp3) is 0.222. The van der Waals surface area contributed by atoms with E-state index in [9.17, 15) is 9.59 Å². The van der Waals surface area contributed by atoms with Crippen molar-refractivity contribution in [3.8, 4) is 5.75 Å². The first-order chi connectivity index (χ1) is 11.6. The molecule has 2 aromatic carbocycles. The van der Waals surface area contributed by atoms with Crippen molar-refractivity contribution < 1.29 is 14.3 Å². The van der Waals surface area contributed by atoms with Gasteiger partial charge in [-0.25, -0.2) is 0 Å².